The van der Waals surface area contributed by atoms with Crippen molar-refractivity contribution in [2.75, 3.05) is 11.9 Å². The van der Waals surface area contributed by atoms with Crippen LogP contribution in [-0.2, 0) is 4.79 Å². The number of hydrogen-bond donors (Lipinski definition) is 2. The number of anilines is 1. The number of halogens is 4. The first-order valence-electron chi connectivity index (χ1n) is 10.2. The van der Waals surface area contributed by atoms with Crippen LogP contribution in [0.1, 0.15) is 54.1 Å². The summed E-state index contributed by atoms with van der Waals surface area (Å²) in [6, 6.07) is 4.24. The van der Waals surface area contributed by atoms with Gasteiger partial charge in [0.2, 0.25) is 5.91 Å². The smallest absolute Gasteiger partial charge is 0.340 e. The summed E-state index contributed by atoms with van der Waals surface area (Å²) < 4.78 is 55.4. The summed E-state index contributed by atoms with van der Waals surface area (Å²) in [4.78, 5) is 32.7. The zero-order valence-corrected chi connectivity index (χ0v) is 18.9. The highest BCUT2D eigenvalue weighted by molar-refractivity contribution is 5.93. The van der Waals surface area contributed by atoms with E-state index in [-0.39, 0.29) is 28.8 Å². The molecule has 0 aliphatic rings. The Morgan fingerprint density at radius 3 is 2.36 bits per heavy atom. The molecule has 0 aliphatic carbocycles. The molecule has 11 heteroatoms. The van der Waals surface area contributed by atoms with E-state index in [4.69, 9.17) is 4.74 Å². The van der Waals surface area contributed by atoms with Crippen molar-refractivity contribution in [3.8, 4) is 5.75 Å². The first kappa shape index (κ1) is 26.0. The number of carbonyl (C=O) groups is 2. The van der Waals surface area contributed by atoms with Gasteiger partial charge in [0.1, 0.15) is 17.3 Å². The minimum atomic E-state index is -4.30. The number of ether oxygens (including phenoxy) is 1. The van der Waals surface area contributed by atoms with Crippen LogP contribution in [0, 0.1) is 19.8 Å². The standard InChI is InChI=1S/C22H26F4N4O3/c1-11(2)19(31)30-18-8-15(7-13(4)28-18)14(5)29-20(32)16-6-12(3)17(9-27-16)33-10-22(25,26)21(23)24/h6-9,11,14,21H,10H2,1-5H3,(H,29,32)(H,28,30,31). The van der Waals surface area contributed by atoms with E-state index in [0.29, 0.717) is 17.1 Å². The number of aryl methyl sites for hydroxylation is 2. The number of rotatable bonds is 9. The molecule has 0 fully saturated rings. The third-order valence-corrected chi connectivity index (χ3v) is 4.63. The molecule has 33 heavy (non-hydrogen) atoms. The average molecular weight is 470 g/mol. The van der Waals surface area contributed by atoms with Crippen molar-refractivity contribution in [1.29, 1.82) is 0 Å². The molecule has 7 nitrogen and oxygen atoms in total. The van der Waals surface area contributed by atoms with Gasteiger partial charge in [-0.2, -0.15) is 8.78 Å². The van der Waals surface area contributed by atoms with Gasteiger partial charge in [-0.25, -0.2) is 18.7 Å². The molecule has 0 radical (unpaired) electrons. The molecule has 2 amide bonds. The average Bonchev–Trinajstić information content (AvgIpc) is 2.72. The Kier molecular flexibility index (Phi) is 8.34. The molecule has 1 unspecified atom stereocenters. The van der Waals surface area contributed by atoms with Gasteiger partial charge in [-0.15, -0.1) is 0 Å². The zero-order chi connectivity index (χ0) is 24.9. The number of nitrogens with zero attached hydrogens (tertiary/aromatic N) is 2. The van der Waals surface area contributed by atoms with Crippen molar-refractivity contribution in [3.63, 3.8) is 0 Å². The molecule has 1 atom stereocenters. The van der Waals surface area contributed by atoms with Gasteiger partial charge in [-0.1, -0.05) is 13.8 Å². The Balaban J connectivity index is 2.10. The summed E-state index contributed by atoms with van der Waals surface area (Å²) in [6.07, 6.45) is -2.82. The van der Waals surface area contributed by atoms with E-state index in [9.17, 15) is 27.2 Å². The quantitative estimate of drug-likeness (QED) is 0.528. The second kappa shape index (κ2) is 10.6. The van der Waals surface area contributed by atoms with Crippen molar-refractivity contribution in [3.05, 3.63) is 46.9 Å². The second-order valence-corrected chi connectivity index (χ2v) is 7.95. The Hall–Kier alpha value is -3.24. The van der Waals surface area contributed by atoms with E-state index in [1.165, 1.54) is 13.0 Å². The monoisotopic (exact) mass is 470 g/mol. The number of amides is 2. The highest BCUT2D eigenvalue weighted by atomic mass is 19.3. The molecule has 2 aromatic rings. The van der Waals surface area contributed by atoms with Crippen molar-refractivity contribution in [1.82, 2.24) is 15.3 Å². The van der Waals surface area contributed by atoms with Gasteiger partial charge in [-0.3, -0.25) is 9.59 Å². The molecule has 180 valence electrons. The lowest BCUT2D eigenvalue weighted by Crippen LogP contribution is -2.34. The van der Waals surface area contributed by atoms with Crippen LogP contribution in [0.15, 0.2) is 24.4 Å². The van der Waals surface area contributed by atoms with E-state index in [0.717, 1.165) is 6.20 Å². The minimum absolute atomic E-state index is 0.00793. The minimum Gasteiger partial charge on any atom is -0.485 e. The van der Waals surface area contributed by atoms with E-state index < -0.39 is 30.9 Å². The Bertz CT molecular complexity index is 1020. The van der Waals surface area contributed by atoms with Gasteiger partial charge in [0.05, 0.1) is 12.2 Å². The fraction of sp³-hybridized carbons (Fsp3) is 0.455. The Morgan fingerprint density at radius 2 is 1.79 bits per heavy atom. The van der Waals surface area contributed by atoms with Crippen LogP contribution in [-0.4, -0.2) is 40.7 Å². The fourth-order valence-corrected chi connectivity index (χ4v) is 2.69. The molecule has 2 rings (SSSR count). The molecule has 0 spiro atoms. The predicted molar refractivity (Wildman–Crippen MR) is 114 cm³/mol. The van der Waals surface area contributed by atoms with E-state index in [2.05, 4.69) is 20.6 Å². The topological polar surface area (TPSA) is 93.2 Å². The first-order chi connectivity index (χ1) is 15.3. The van der Waals surface area contributed by atoms with E-state index in [1.807, 2.05) is 0 Å². The van der Waals surface area contributed by atoms with Crippen LogP contribution in [0.3, 0.4) is 0 Å². The Morgan fingerprint density at radius 1 is 1.12 bits per heavy atom. The molecule has 0 aromatic carbocycles. The van der Waals surface area contributed by atoms with Gasteiger partial charge in [0.15, 0.2) is 6.61 Å². The molecule has 0 saturated heterocycles. The maximum Gasteiger partial charge on any atom is 0.340 e. The van der Waals surface area contributed by atoms with Gasteiger partial charge in [0.25, 0.3) is 5.91 Å². The number of hydrogen-bond acceptors (Lipinski definition) is 5. The normalized spacial score (nSPS) is 12.6. The fourth-order valence-electron chi connectivity index (χ4n) is 2.69. The van der Waals surface area contributed by atoms with Crippen LogP contribution in [0.2, 0.25) is 0 Å². The zero-order valence-electron chi connectivity index (χ0n) is 18.9. The summed E-state index contributed by atoms with van der Waals surface area (Å²) in [6.45, 7) is 6.97. The third-order valence-electron chi connectivity index (χ3n) is 4.63. The van der Waals surface area contributed by atoms with Crippen molar-refractivity contribution in [2.24, 2.45) is 5.92 Å². The maximum absolute atomic E-state index is 13.1. The molecule has 0 aliphatic heterocycles. The lowest BCUT2D eigenvalue weighted by Gasteiger charge is -2.18. The highest BCUT2D eigenvalue weighted by Crippen LogP contribution is 2.26. The second-order valence-electron chi connectivity index (χ2n) is 7.95. The molecule has 2 N–H and O–H groups in total. The molecule has 2 heterocycles. The molecular formula is C22H26F4N4O3. The number of alkyl halides is 4. The van der Waals surface area contributed by atoms with Crippen LogP contribution >= 0.6 is 0 Å². The number of aromatic nitrogens is 2. The van der Waals surface area contributed by atoms with Crippen molar-refractivity contribution < 1.29 is 31.9 Å². The molecule has 0 bridgehead atoms. The highest BCUT2D eigenvalue weighted by Gasteiger charge is 2.41. The molecular weight excluding hydrogens is 444 g/mol. The lowest BCUT2D eigenvalue weighted by atomic mass is 10.1. The van der Waals surface area contributed by atoms with Crippen LogP contribution in [0.25, 0.3) is 0 Å². The maximum atomic E-state index is 13.1. The van der Waals surface area contributed by atoms with Crippen LogP contribution in [0.5, 0.6) is 5.75 Å². The van der Waals surface area contributed by atoms with Gasteiger partial charge in [0, 0.05) is 11.6 Å². The van der Waals surface area contributed by atoms with Gasteiger partial charge < -0.3 is 15.4 Å². The summed E-state index contributed by atoms with van der Waals surface area (Å²) in [5.41, 5.74) is 1.61. The Labute approximate surface area is 189 Å². The SMILES string of the molecule is Cc1cc(C(C)NC(=O)c2cc(C)c(OCC(F)(F)C(F)F)cn2)cc(NC(=O)C(C)C)n1. The number of nitrogens with one attached hydrogen (secondary N) is 2. The van der Waals surface area contributed by atoms with Crippen molar-refractivity contribution >= 4 is 17.6 Å². The summed E-state index contributed by atoms with van der Waals surface area (Å²) in [5.74, 6) is -5.03. The lowest BCUT2D eigenvalue weighted by molar-refractivity contribution is -0.148. The number of pyridine rings is 2. The van der Waals surface area contributed by atoms with E-state index in [1.54, 1.807) is 39.8 Å². The van der Waals surface area contributed by atoms with Gasteiger partial charge in [-0.05, 0) is 50.1 Å². The van der Waals surface area contributed by atoms with E-state index >= 15 is 0 Å². The first-order valence-corrected chi connectivity index (χ1v) is 10.2. The van der Waals surface area contributed by atoms with Crippen LogP contribution in [0.4, 0.5) is 23.4 Å². The largest absolute Gasteiger partial charge is 0.485 e. The number of carbonyl (C=O) groups excluding carboxylic acids is 2. The molecule has 2 aromatic heterocycles. The van der Waals surface area contributed by atoms with Gasteiger partial charge >= 0.3 is 12.3 Å². The third kappa shape index (κ3) is 7.13. The predicted octanol–water partition coefficient (Wildman–Crippen LogP) is 4.46. The summed E-state index contributed by atoms with van der Waals surface area (Å²) in [5, 5.41) is 5.48. The van der Waals surface area contributed by atoms with Crippen molar-refractivity contribution in [2.45, 2.75) is 53.0 Å². The molecule has 0 saturated carbocycles. The summed E-state index contributed by atoms with van der Waals surface area (Å²) in [7, 11) is 0. The summed E-state index contributed by atoms with van der Waals surface area (Å²) >= 11 is 0. The van der Waals surface area contributed by atoms with Crippen LogP contribution < -0.4 is 15.4 Å².